The number of amides is 2. The van der Waals surface area contributed by atoms with Gasteiger partial charge in [-0.25, -0.2) is 9.97 Å². The van der Waals surface area contributed by atoms with Crippen LogP contribution in [0.4, 0.5) is 11.6 Å². The second kappa shape index (κ2) is 8.16. The molecule has 0 radical (unpaired) electrons. The molecule has 2 heterocycles. The third-order valence-corrected chi connectivity index (χ3v) is 4.74. The minimum atomic E-state index is -0.144. The first-order valence-electron chi connectivity index (χ1n) is 9.21. The van der Waals surface area contributed by atoms with E-state index >= 15 is 0 Å². The van der Waals surface area contributed by atoms with Crippen LogP contribution in [0, 0.1) is 6.92 Å². The van der Waals surface area contributed by atoms with Gasteiger partial charge in [-0.2, -0.15) is 0 Å². The van der Waals surface area contributed by atoms with Gasteiger partial charge >= 0.3 is 0 Å². The monoisotopic (exact) mass is 367 g/mol. The molecular formula is C20H25N5O2. The Kier molecular flexibility index (Phi) is 5.69. The van der Waals surface area contributed by atoms with Crippen LogP contribution >= 0.6 is 0 Å². The Labute approximate surface area is 159 Å². The van der Waals surface area contributed by atoms with E-state index in [1.807, 2.05) is 47.9 Å². The Morgan fingerprint density at radius 2 is 1.89 bits per heavy atom. The number of carbonyl (C=O) groups excluding carboxylic acids is 2. The highest BCUT2D eigenvalue weighted by Crippen LogP contribution is 2.19. The molecular weight excluding hydrogens is 342 g/mol. The lowest BCUT2D eigenvalue weighted by molar-refractivity contribution is -0.129. The smallest absolute Gasteiger partial charge is 0.277 e. The van der Waals surface area contributed by atoms with Crippen molar-refractivity contribution in [1.29, 1.82) is 0 Å². The van der Waals surface area contributed by atoms with Crippen LogP contribution in [0.1, 0.15) is 29.9 Å². The quantitative estimate of drug-likeness (QED) is 0.828. The zero-order valence-electron chi connectivity index (χ0n) is 16.1. The molecule has 1 aromatic heterocycles. The lowest BCUT2D eigenvalue weighted by atomic mass is 10.2. The molecule has 1 aromatic carbocycles. The number of aromatic nitrogens is 2. The van der Waals surface area contributed by atoms with Crippen LogP contribution in [0.5, 0.6) is 0 Å². The van der Waals surface area contributed by atoms with E-state index in [-0.39, 0.29) is 11.8 Å². The minimum Gasteiger partial charge on any atom is -0.339 e. The maximum atomic E-state index is 13.0. The van der Waals surface area contributed by atoms with E-state index in [1.165, 1.54) is 0 Å². The van der Waals surface area contributed by atoms with E-state index in [0.717, 1.165) is 11.3 Å². The first kappa shape index (κ1) is 18.8. The fourth-order valence-corrected chi connectivity index (χ4v) is 3.22. The van der Waals surface area contributed by atoms with Crippen molar-refractivity contribution in [3.05, 3.63) is 47.8 Å². The Bertz CT molecular complexity index is 831. The lowest BCUT2D eigenvalue weighted by Crippen LogP contribution is -2.48. The van der Waals surface area contributed by atoms with Crippen LogP contribution in [-0.2, 0) is 4.79 Å². The van der Waals surface area contributed by atoms with E-state index in [1.54, 1.807) is 24.1 Å². The van der Waals surface area contributed by atoms with Crippen molar-refractivity contribution < 1.29 is 9.59 Å². The molecule has 142 valence electrons. The van der Waals surface area contributed by atoms with Crippen molar-refractivity contribution in [1.82, 2.24) is 14.9 Å². The molecule has 0 aliphatic carbocycles. The number of nitrogens with zero attached hydrogens (tertiary/aromatic N) is 5. The van der Waals surface area contributed by atoms with Crippen LogP contribution in [-0.4, -0.2) is 59.4 Å². The van der Waals surface area contributed by atoms with Crippen LogP contribution in [0.15, 0.2) is 36.5 Å². The topological polar surface area (TPSA) is 69.6 Å². The summed E-state index contributed by atoms with van der Waals surface area (Å²) in [7, 11) is 0. The molecule has 1 aliphatic heterocycles. The fraction of sp³-hybridized carbons (Fsp3) is 0.400. The summed E-state index contributed by atoms with van der Waals surface area (Å²) in [5.74, 6) is 0.467. The van der Waals surface area contributed by atoms with Gasteiger partial charge in [-0.3, -0.25) is 9.59 Å². The van der Waals surface area contributed by atoms with Crippen molar-refractivity contribution >= 4 is 23.5 Å². The summed E-state index contributed by atoms with van der Waals surface area (Å²) in [5, 5.41) is 0. The number of hydrogen-bond donors (Lipinski definition) is 0. The molecule has 2 aromatic rings. The second-order valence-electron chi connectivity index (χ2n) is 6.62. The van der Waals surface area contributed by atoms with Crippen molar-refractivity contribution in [2.75, 3.05) is 42.5 Å². The van der Waals surface area contributed by atoms with Crippen molar-refractivity contribution in [2.24, 2.45) is 0 Å². The molecule has 7 nitrogen and oxygen atoms in total. The second-order valence-corrected chi connectivity index (χ2v) is 6.62. The number of benzene rings is 1. The van der Waals surface area contributed by atoms with Gasteiger partial charge in [-0.1, -0.05) is 12.1 Å². The summed E-state index contributed by atoms with van der Waals surface area (Å²) in [6, 6.07) is 9.52. The van der Waals surface area contributed by atoms with E-state index < -0.39 is 0 Å². The van der Waals surface area contributed by atoms with Gasteiger partial charge in [0.25, 0.3) is 5.91 Å². The highest BCUT2D eigenvalue weighted by Gasteiger charge is 2.23. The molecule has 1 fully saturated rings. The Morgan fingerprint density at radius 3 is 2.52 bits per heavy atom. The highest BCUT2D eigenvalue weighted by atomic mass is 16.2. The molecule has 0 unspecified atom stereocenters. The standard InChI is InChI=1S/C20H25N5O2/c1-4-25(17-7-5-6-15(2)14-17)19(27)18-8-9-21-20(22-18)24-12-10-23(11-13-24)16(3)26/h5-9,14H,4,10-13H2,1-3H3. The highest BCUT2D eigenvalue weighted by molar-refractivity contribution is 6.04. The third-order valence-electron chi connectivity index (χ3n) is 4.74. The maximum Gasteiger partial charge on any atom is 0.277 e. The fourth-order valence-electron chi connectivity index (χ4n) is 3.22. The predicted octanol–water partition coefficient (Wildman–Crippen LogP) is 2.12. The Hall–Kier alpha value is -2.96. The predicted molar refractivity (Wildman–Crippen MR) is 105 cm³/mol. The Balaban J connectivity index is 1.78. The molecule has 27 heavy (non-hydrogen) atoms. The van der Waals surface area contributed by atoms with Gasteiger partial charge in [-0.05, 0) is 37.6 Å². The average molecular weight is 367 g/mol. The average Bonchev–Trinajstić information content (AvgIpc) is 2.69. The SMILES string of the molecule is CCN(C(=O)c1ccnc(N2CCN(C(C)=O)CC2)n1)c1cccc(C)c1. The largest absolute Gasteiger partial charge is 0.339 e. The van der Waals surface area contributed by atoms with Gasteiger partial charge in [0, 0.05) is 51.5 Å². The van der Waals surface area contributed by atoms with Crippen LogP contribution in [0.25, 0.3) is 0 Å². The summed E-state index contributed by atoms with van der Waals surface area (Å²) in [5.41, 5.74) is 2.33. The van der Waals surface area contributed by atoms with E-state index in [4.69, 9.17) is 0 Å². The zero-order chi connectivity index (χ0) is 19.4. The van der Waals surface area contributed by atoms with Crippen molar-refractivity contribution in [3.8, 4) is 0 Å². The molecule has 0 spiro atoms. The molecule has 7 heteroatoms. The number of carbonyl (C=O) groups is 2. The number of rotatable bonds is 4. The summed E-state index contributed by atoms with van der Waals surface area (Å²) < 4.78 is 0. The third kappa shape index (κ3) is 4.24. The zero-order valence-corrected chi connectivity index (χ0v) is 16.1. The first-order chi connectivity index (χ1) is 13.0. The van der Waals surface area contributed by atoms with Crippen LogP contribution < -0.4 is 9.80 Å². The molecule has 0 saturated carbocycles. The van der Waals surface area contributed by atoms with Gasteiger partial charge in [0.05, 0.1) is 0 Å². The van der Waals surface area contributed by atoms with E-state index in [0.29, 0.717) is 44.4 Å². The molecule has 0 N–H and O–H groups in total. The van der Waals surface area contributed by atoms with Gasteiger partial charge in [0.1, 0.15) is 5.69 Å². The number of piperazine rings is 1. The lowest BCUT2D eigenvalue weighted by Gasteiger charge is -2.34. The summed E-state index contributed by atoms with van der Waals surface area (Å²) in [6.45, 7) is 8.69. The number of anilines is 2. The molecule has 1 aliphatic rings. The maximum absolute atomic E-state index is 13.0. The molecule has 3 rings (SSSR count). The van der Waals surface area contributed by atoms with Crippen LogP contribution in [0.3, 0.4) is 0 Å². The van der Waals surface area contributed by atoms with Gasteiger partial charge in [0.15, 0.2) is 0 Å². The normalized spacial score (nSPS) is 14.2. The van der Waals surface area contributed by atoms with Crippen molar-refractivity contribution in [2.45, 2.75) is 20.8 Å². The summed E-state index contributed by atoms with van der Waals surface area (Å²) in [6.07, 6.45) is 1.62. The summed E-state index contributed by atoms with van der Waals surface area (Å²) >= 11 is 0. The van der Waals surface area contributed by atoms with Crippen LogP contribution in [0.2, 0.25) is 0 Å². The molecule has 0 atom stereocenters. The molecule has 2 amide bonds. The molecule has 0 bridgehead atoms. The van der Waals surface area contributed by atoms with Crippen molar-refractivity contribution in [3.63, 3.8) is 0 Å². The van der Waals surface area contributed by atoms with E-state index in [2.05, 4.69) is 9.97 Å². The number of aryl methyl sites for hydroxylation is 1. The van der Waals surface area contributed by atoms with Gasteiger partial charge in [0.2, 0.25) is 11.9 Å². The number of hydrogen-bond acceptors (Lipinski definition) is 5. The molecule has 1 saturated heterocycles. The first-order valence-corrected chi connectivity index (χ1v) is 9.21. The van der Waals surface area contributed by atoms with Gasteiger partial charge in [-0.15, -0.1) is 0 Å². The van der Waals surface area contributed by atoms with Gasteiger partial charge < -0.3 is 14.7 Å². The summed E-state index contributed by atoms with van der Waals surface area (Å²) in [4.78, 5) is 38.9. The minimum absolute atomic E-state index is 0.0799. The van der Waals surface area contributed by atoms with E-state index in [9.17, 15) is 9.59 Å². The Morgan fingerprint density at radius 1 is 1.15 bits per heavy atom.